The van der Waals surface area contributed by atoms with Gasteiger partial charge in [0.15, 0.2) is 0 Å². The third-order valence-corrected chi connectivity index (χ3v) is 4.49. The van der Waals surface area contributed by atoms with Crippen LogP contribution in [-0.2, 0) is 6.61 Å². The van der Waals surface area contributed by atoms with Gasteiger partial charge in [0.1, 0.15) is 12.4 Å². The number of hydrogen-bond acceptors (Lipinski definition) is 4. The molecule has 0 radical (unpaired) electrons. The van der Waals surface area contributed by atoms with Crippen LogP contribution in [0.1, 0.15) is 48.3 Å². The van der Waals surface area contributed by atoms with Gasteiger partial charge in [-0.2, -0.15) is 0 Å². The molecule has 5 nitrogen and oxygen atoms in total. The van der Waals surface area contributed by atoms with Gasteiger partial charge in [0.2, 0.25) is 0 Å². The second-order valence-electron chi connectivity index (χ2n) is 6.38. The molecule has 0 fully saturated rings. The summed E-state index contributed by atoms with van der Waals surface area (Å²) >= 11 is 0. The maximum Gasteiger partial charge on any atom is 0.251 e. The van der Waals surface area contributed by atoms with Crippen LogP contribution in [-0.4, -0.2) is 23.0 Å². The van der Waals surface area contributed by atoms with E-state index >= 15 is 0 Å². The van der Waals surface area contributed by atoms with Crippen LogP contribution in [0.15, 0.2) is 42.6 Å². The van der Waals surface area contributed by atoms with Crippen molar-refractivity contribution in [2.45, 2.75) is 45.8 Å². The van der Waals surface area contributed by atoms with Crippen molar-refractivity contribution in [3.63, 3.8) is 0 Å². The molecule has 0 saturated heterocycles. The van der Waals surface area contributed by atoms with Crippen molar-refractivity contribution < 1.29 is 9.53 Å². The number of carbonyl (C=O) groups excluding carboxylic acids is 1. The van der Waals surface area contributed by atoms with E-state index in [0.717, 1.165) is 24.1 Å². The minimum absolute atomic E-state index is 0. The van der Waals surface area contributed by atoms with E-state index < -0.39 is 0 Å². The molecule has 0 spiro atoms. The molecule has 7 heteroatoms. The summed E-state index contributed by atoms with van der Waals surface area (Å²) in [6.07, 6.45) is 3.34. The summed E-state index contributed by atoms with van der Waals surface area (Å²) < 4.78 is 5.72. The first-order valence-electron chi connectivity index (χ1n) is 8.67. The van der Waals surface area contributed by atoms with Gasteiger partial charge in [0.05, 0.1) is 6.20 Å². The highest BCUT2D eigenvalue weighted by Gasteiger charge is 2.21. The predicted molar refractivity (Wildman–Crippen MR) is 114 cm³/mol. The largest absolute Gasteiger partial charge is 0.487 e. The van der Waals surface area contributed by atoms with Gasteiger partial charge >= 0.3 is 0 Å². The molecule has 150 valence electrons. The fourth-order valence-corrected chi connectivity index (χ4v) is 2.37. The van der Waals surface area contributed by atoms with Gasteiger partial charge in [-0.3, -0.25) is 9.78 Å². The highest BCUT2D eigenvalue weighted by molar-refractivity contribution is 5.94. The number of benzene rings is 1. The standard InChI is InChI=1S/C20H27N3O2.2ClH/c1-4-20(21,5-2)14-23-19(24)17-8-6-7-16(11-17)13-25-18-10-9-15(3)22-12-18;;/h6-12H,4-5,13-14,21H2,1-3H3,(H,23,24);2*1H. The van der Waals surface area contributed by atoms with Gasteiger partial charge in [-0.15, -0.1) is 24.8 Å². The van der Waals surface area contributed by atoms with Crippen LogP contribution >= 0.6 is 24.8 Å². The van der Waals surface area contributed by atoms with Crippen LogP contribution in [0, 0.1) is 6.92 Å². The predicted octanol–water partition coefficient (Wildman–Crippen LogP) is 4.06. The average Bonchev–Trinajstić information content (AvgIpc) is 2.65. The number of hydrogen-bond donors (Lipinski definition) is 2. The Labute approximate surface area is 173 Å². The van der Waals surface area contributed by atoms with Crippen LogP contribution in [0.3, 0.4) is 0 Å². The number of halogens is 2. The third-order valence-electron chi connectivity index (χ3n) is 4.49. The molecule has 0 unspecified atom stereocenters. The molecular formula is C20H29Cl2N3O2. The SMILES string of the molecule is CCC(N)(CC)CNC(=O)c1cccc(COc2ccc(C)nc2)c1.Cl.Cl. The number of nitrogens with two attached hydrogens (primary N) is 1. The fraction of sp³-hybridized carbons (Fsp3) is 0.400. The zero-order chi connectivity index (χ0) is 18.3. The van der Waals surface area contributed by atoms with Crippen molar-refractivity contribution >= 4 is 30.7 Å². The minimum Gasteiger partial charge on any atom is -0.487 e. The lowest BCUT2D eigenvalue weighted by atomic mass is 9.94. The summed E-state index contributed by atoms with van der Waals surface area (Å²) in [5, 5.41) is 2.93. The lowest BCUT2D eigenvalue weighted by Crippen LogP contribution is -2.49. The van der Waals surface area contributed by atoms with E-state index in [-0.39, 0.29) is 36.3 Å². The summed E-state index contributed by atoms with van der Waals surface area (Å²) in [7, 11) is 0. The van der Waals surface area contributed by atoms with Gasteiger partial charge in [0, 0.05) is 23.3 Å². The molecule has 0 aliphatic heterocycles. The number of amides is 1. The monoisotopic (exact) mass is 413 g/mol. The molecule has 0 atom stereocenters. The van der Waals surface area contributed by atoms with Crippen molar-refractivity contribution in [2.75, 3.05) is 6.54 Å². The van der Waals surface area contributed by atoms with E-state index in [4.69, 9.17) is 10.5 Å². The van der Waals surface area contributed by atoms with E-state index in [9.17, 15) is 4.79 Å². The normalized spacial score (nSPS) is 10.4. The van der Waals surface area contributed by atoms with Crippen molar-refractivity contribution in [3.8, 4) is 5.75 Å². The topological polar surface area (TPSA) is 77.2 Å². The zero-order valence-electron chi connectivity index (χ0n) is 16.0. The van der Waals surface area contributed by atoms with Gasteiger partial charge < -0.3 is 15.8 Å². The number of aryl methyl sites for hydroxylation is 1. The molecule has 1 heterocycles. The van der Waals surface area contributed by atoms with Crippen LogP contribution in [0.2, 0.25) is 0 Å². The van der Waals surface area contributed by atoms with Crippen molar-refractivity contribution in [1.82, 2.24) is 10.3 Å². The van der Waals surface area contributed by atoms with Gasteiger partial charge in [-0.1, -0.05) is 26.0 Å². The Hall–Kier alpha value is -1.82. The molecule has 1 aromatic heterocycles. The van der Waals surface area contributed by atoms with Crippen molar-refractivity contribution in [2.24, 2.45) is 5.73 Å². The van der Waals surface area contributed by atoms with E-state index in [1.165, 1.54) is 0 Å². The summed E-state index contributed by atoms with van der Waals surface area (Å²) in [5.74, 6) is 0.592. The second kappa shape index (κ2) is 11.8. The molecule has 1 amide bonds. The fourth-order valence-electron chi connectivity index (χ4n) is 2.37. The number of pyridine rings is 1. The van der Waals surface area contributed by atoms with Gasteiger partial charge in [0.25, 0.3) is 5.91 Å². The van der Waals surface area contributed by atoms with E-state index in [1.807, 2.05) is 51.1 Å². The number of nitrogens with zero attached hydrogens (tertiary/aromatic N) is 1. The molecular weight excluding hydrogens is 385 g/mol. The average molecular weight is 414 g/mol. The first-order chi connectivity index (χ1) is 12.0. The number of carbonyl (C=O) groups is 1. The number of ether oxygens (including phenoxy) is 1. The molecule has 3 N–H and O–H groups in total. The second-order valence-corrected chi connectivity index (χ2v) is 6.38. The third kappa shape index (κ3) is 7.75. The molecule has 0 bridgehead atoms. The maximum absolute atomic E-state index is 12.4. The molecule has 27 heavy (non-hydrogen) atoms. The Morgan fingerprint density at radius 3 is 2.48 bits per heavy atom. The van der Waals surface area contributed by atoms with Crippen LogP contribution in [0.4, 0.5) is 0 Å². The number of rotatable bonds is 8. The van der Waals surface area contributed by atoms with Crippen molar-refractivity contribution in [3.05, 3.63) is 59.4 Å². The Balaban J connectivity index is 0.00000338. The number of aromatic nitrogens is 1. The maximum atomic E-state index is 12.4. The van der Waals surface area contributed by atoms with E-state index in [2.05, 4.69) is 10.3 Å². The smallest absolute Gasteiger partial charge is 0.251 e. The quantitative estimate of drug-likeness (QED) is 0.683. The minimum atomic E-state index is -0.352. The Morgan fingerprint density at radius 2 is 1.89 bits per heavy atom. The Kier molecular flexibility index (Phi) is 11.0. The molecule has 1 aromatic carbocycles. The number of nitrogens with one attached hydrogen (secondary N) is 1. The molecule has 2 rings (SSSR count). The summed E-state index contributed by atoms with van der Waals surface area (Å²) in [6, 6.07) is 11.2. The van der Waals surface area contributed by atoms with E-state index in [0.29, 0.717) is 24.5 Å². The summed E-state index contributed by atoms with van der Waals surface area (Å²) in [6.45, 7) is 6.85. The highest BCUT2D eigenvalue weighted by atomic mass is 35.5. The summed E-state index contributed by atoms with van der Waals surface area (Å²) in [5.41, 5.74) is 8.37. The lowest BCUT2D eigenvalue weighted by Gasteiger charge is -2.26. The lowest BCUT2D eigenvalue weighted by molar-refractivity contribution is 0.0942. The van der Waals surface area contributed by atoms with Gasteiger partial charge in [-0.05, 0) is 49.6 Å². The van der Waals surface area contributed by atoms with Crippen LogP contribution in [0.25, 0.3) is 0 Å². The first-order valence-corrected chi connectivity index (χ1v) is 8.67. The summed E-state index contributed by atoms with van der Waals surface area (Å²) in [4.78, 5) is 16.6. The van der Waals surface area contributed by atoms with Crippen LogP contribution < -0.4 is 15.8 Å². The van der Waals surface area contributed by atoms with Crippen molar-refractivity contribution in [1.29, 1.82) is 0 Å². The molecule has 0 aliphatic rings. The highest BCUT2D eigenvalue weighted by Crippen LogP contribution is 2.14. The Morgan fingerprint density at radius 1 is 1.19 bits per heavy atom. The molecule has 0 saturated carbocycles. The van der Waals surface area contributed by atoms with Gasteiger partial charge in [-0.25, -0.2) is 0 Å². The van der Waals surface area contributed by atoms with E-state index in [1.54, 1.807) is 12.3 Å². The molecule has 0 aliphatic carbocycles. The Bertz CT molecular complexity index is 705. The first kappa shape index (κ1) is 25.2. The molecule has 2 aromatic rings. The van der Waals surface area contributed by atoms with Crippen LogP contribution in [0.5, 0.6) is 5.75 Å². The zero-order valence-corrected chi connectivity index (χ0v) is 17.7.